The van der Waals surface area contributed by atoms with E-state index in [2.05, 4.69) is 4.90 Å². The Bertz CT molecular complexity index is 148. The highest BCUT2D eigenvalue weighted by atomic mass is 16.3. The third-order valence-electron chi connectivity index (χ3n) is 2.22. The van der Waals surface area contributed by atoms with Crippen LogP contribution < -0.4 is 0 Å². The van der Waals surface area contributed by atoms with Crippen molar-refractivity contribution in [3.63, 3.8) is 0 Å². The Morgan fingerprint density at radius 3 is 2.62 bits per heavy atom. The number of ketones is 1. The highest BCUT2D eigenvalue weighted by Gasteiger charge is 2.26. The number of aliphatic hydroxyl groups excluding tert-OH is 1. The molecule has 1 atom stereocenters. The van der Waals surface area contributed by atoms with E-state index in [1.165, 1.54) is 0 Å². The molecule has 1 heterocycles. The van der Waals surface area contributed by atoms with Crippen molar-refractivity contribution in [2.75, 3.05) is 19.7 Å². The van der Waals surface area contributed by atoms with E-state index in [1.807, 2.05) is 13.8 Å². The van der Waals surface area contributed by atoms with E-state index >= 15 is 0 Å². The first kappa shape index (κ1) is 12.6. The molecule has 1 aliphatic heterocycles. The summed E-state index contributed by atoms with van der Waals surface area (Å²) in [4.78, 5) is 13.1. The maximum atomic E-state index is 11.0. The van der Waals surface area contributed by atoms with Gasteiger partial charge in [-0.05, 0) is 26.3 Å². The second-order valence-corrected chi connectivity index (χ2v) is 3.03. The van der Waals surface area contributed by atoms with E-state index in [0.29, 0.717) is 6.54 Å². The first-order valence-electron chi connectivity index (χ1n) is 5.11. The van der Waals surface area contributed by atoms with Crippen LogP contribution in [-0.2, 0) is 4.79 Å². The average Bonchev–Trinajstić information content (AvgIpc) is 2.57. The molecule has 0 radical (unpaired) electrons. The molecule has 1 fully saturated rings. The summed E-state index contributed by atoms with van der Waals surface area (Å²) in [5.41, 5.74) is 0. The summed E-state index contributed by atoms with van der Waals surface area (Å²) in [6.07, 6.45) is 2.06. The minimum Gasteiger partial charge on any atom is -0.395 e. The van der Waals surface area contributed by atoms with Gasteiger partial charge in [0, 0.05) is 6.54 Å². The zero-order chi connectivity index (χ0) is 10.3. The fourth-order valence-corrected chi connectivity index (χ4v) is 1.68. The maximum Gasteiger partial charge on any atom is 0.146 e. The molecule has 0 aliphatic carbocycles. The van der Waals surface area contributed by atoms with Crippen LogP contribution in [-0.4, -0.2) is 41.5 Å². The van der Waals surface area contributed by atoms with Crippen LogP contribution in [0.1, 0.15) is 33.6 Å². The lowest BCUT2D eigenvalue weighted by Crippen LogP contribution is -2.36. The van der Waals surface area contributed by atoms with Crippen LogP contribution in [0.2, 0.25) is 0 Å². The van der Waals surface area contributed by atoms with Crippen molar-refractivity contribution in [3.05, 3.63) is 0 Å². The van der Waals surface area contributed by atoms with Crippen molar-refractivity contribution in [3.8, 4) is 0 Å². The molecule has 1 N–H and O–H groups in total. The summed E-state index contributed by atoms with van der Waals surface area (Å²) in [6, 6.07) is 0.0853. The van der Waals surface area contributed by atoms with Gasteiger partial charge in [-0.15, -0.1) is 0 Å². The number of hydrogen-bond donors (Lipinski definition) is 1. The molecule has 1 aliphatic rings. The monoisotopic (exact) mass is 187 g/mol. The van der Waals surface area contributed by atoms with E-state index in [0.717, 1.165) is 19.4 Å². The van der Waals surface area contributed by atoms with E-state index < -0.39 is 0 Å². The highest BCUT2D eigenvalue weighted by Crippen LogP contribution is 2.16. The quantitative estimate of drug-likeness (QED) is 0.718. The molecule has 1 unspecified atom stereocenters. The van der Waals surface area contributed by atoms with Crippen LogP contribution in [0, 0.1) is 0 Å². The number of β-amino-alcohol motifs (C(OH)–C–C–N with tert-alkyl or cyclic N) is 1. The summed E-state index contributed by atoms with van der Waals surface area (Å²) in [5.74, 6) is 0.232. The number of rotatable bonds is 3. The molecule has 3 heteroatoms. The molecule has 0 aromatic rings. The Labute approximate surface area is 80.7 Å². The van der Waals surface area contributed by atoms with Gasteiger partial charge in [-0.1, -0.05) is 13.8 Å². The molecule has 1 rings (SSSR count). The Balaban J connectivity index is 0.000000671. The minimum atomic E-state index is 0.0853. The molecule has 0 bridgehead atoms. The largest absolute Gasteiger partial charge is 0.395 e. The van der Waals surface area contributed by atoms with E-state index in [4.69, 9.17) is 5.11 Å². The van der Waals surface area contributed by atoms with Gasteiger partial charge in [0.1, 0.15) is 5.78 Å². The van der Waals surface area contributed by atoms with E-state index in [1.54, 1.807) is 6.92 Å². The Morgan fingerprint density at radius 1 is 1.54 bits per heavy atom. The SMILES string of the molecule is CC.CC(=O)C1CCCN1CCO. The fraction of sp³-hybridized carbons (Fsp3) is 0.900. The second-order valence-electron chi connectivity index (χ2n) is 3.03. The summed E-state index contributed by atoms with van der Waals surface area (Å²) >= 11 is 0. The predicted octanol–water partition coefficient (Wildman–Crippen LogP) is 1.06. The van der Waals surface area contributed by atoms with Crippen LogP contribution >= 0.6 is 0 Å². The van der Waals surface area contributed by atoms with Crippen molar-refractivity contribution in [2.24, 2.45) is 0 Å². The molecular formula is C10H21NO2. The minimum absolute atomic E-state index is 0.0853. The summed E-state index contributed by atoms with van der Waals surface area (Å²) < 4.78 is 0. The average molecular weight is 187 g/mol. The van der Waals surface area contributed by atoms with Gasteiger partial charge in [-0.2, -0.15) is 0 Å². The smallest absolute Gasteiger partial charge is 0.146 e. The molecular weight excluding hydrogens is 166 g/mol. The third-order valence-corrected chi connectivity index (χ3v) is 2.22. The van der Waals surface area contributed by atoms with Crippen LogP contribution in [0.4, 0.5) is 0 Å². The molecule has 1 saturated heterocycles. The zero-order valence-electron chi connectivity index (χ0n) is 8.92. The molecule has 0 spiro atoms. The predicted molar refractivity (Wildman–Crippen MR) is 53.7 cm³/mol. The van der Waals surface area contributed by atoms with Gasteiger partial charge in [0.2, 0.25) is 0 Å². The molecule has 3 nitrogen and oxygen atoms in total. The maximum absolute atomic E-state index is 11.0. The van der Waals surface area contributed by atoms with Crippen molar-refractivity contribution >= 4 is 5.78 Å². The van der Waals surface area contributed by atoms with Crippen molar-refractivity contribution in [1.82, 2.24) is 4.90 Å². The van der Waals surface area contributed by atoms with Gasteiger partial charge in [0.05, 0.1) is 12.6 Å². The molecule has 13 heavy (non-hydrogen) atoms. The van der Waals surface area contributed by atoms with Crippen LogP contribution in [0.3, 0.4) is 0 Å². The first-order chi connectivity index (χ1) is 6.25. The van der Waals surface area contributed by atoms with E-state index in [9.17, 15) is 4.79 Å². The summed E-state index contributed by atoms with van der Waals surface area (Å²) in [5, 5.41) is 8.67. The number of aliphatic hydroxyl groups is 1. The molecule has 0 aromatic heterocycles. The third kappa shape index (κ3) is 3.87. The second kappa shape index (κ2) is 7.04. The number of likely N-dealkylation sites (tertiary alicyclic amines) is 1. The van der Waals surface area contributed by atoms with Crippen molar-refractivity contribution < 1.29 is 9.90 Å². The van der Waals surface area contributed by atoms with Gasteiger partial charge in [0.25, 0.3) is 0 Å². The lowest BCUT2D eigenvalue weighted by Gasteiger charge is -2.20. The van der Waals surface area contributed by atoms with Gasteiger partial charge in [0.15, 0.2) is 0 Å². The zero-order valence-corrected chi connectivity index (χ0v) is 8.92. The molecule has 0 saturated carbocycles. The lowest BCUT2D eigenvalue weighted by molar-refractivity contribution is -0.121. The lowest BCUT2D eigenvalue weighted by atomic mass is 10.1. The number of nitrogens with zero attached hydrogens (tertiary/aromatic N) is 1. The fourth-order valence-electron chi connectivity index (χ4n) is 1.68. The standard InChI is InChI=1S/C8H15NO2.C2H6/c1-7(11)8-3-2-4-9(8)5-6-10;1-2/h8,10H,2-6H2,1H3;1-2H3. The molecule has 0 amide bonds. The van der Waals surface area contributed by atoms with Gasteiger partial charge in [-0.25, -0.2) is 0 Å². The topological polar surface area (TPSA) is 40.5 Å². The summed E-state index contributed by atoms with van der Waals surface area (Å²) in [7, 11) is 0. The number of carbonyl (C=O) groups is 1. The number of hydrogen-bond acceptors (Lipinski definition) is 3. The Morgan fingerprint density at radius 2 is 2.15 bits per heavy atom. The number of Topliss-reactive ketones (excluding diaryl/α,β-unsaturated/α-hetero) is 1. The van der Waals surface area contributed by atoms with Crippen molar-refractivity contribution in [1.29, 1.82) is 0 Å². The Kier molecular flexibility index (Phi) is 6.82. The summed E-state index contributed by atoms with van der Waals surface area (Å²) in [6.45, 7) is 7.39. The van der Waals surface area contributed by atoms with Gasteiger partial charge >= 0.3 is 0 Å². The first-order valence-corrected chi connectivity index (χ1v) is 5.11. The van der Waals surface area contributed by atoms with Gasteiger partial charge in [-0.3, -0.25) is 9.69 Å². The molecule has 0 aromatic carbocycles. The van der Waals surface area contributed by atoms with E-state index in [-0.39, 0.29) is 18.4 Å². The Hall–Kier alpha value is -0.410. The highest BCUT2D eigenvalue weighted by molar-refractivity contribution is 5.81. The van der Waals surface area contributed by atoms with Crippen LogP contribution in [0.5, 0.6) is 0 Å². The van der Waals surface area contributed by atoms with Crippen LogP contribution in [0.25, 0.3) is 0 Å². The number of carbonyl (C=O) groups excluding carboxylic acids is 1. The van der Waals surface area contributed by atoms with Gasteiger partial charge < -0.3 is 5.11 Å². The van der Waals surface area contributed by atoms with Crippen LogP contribution in [0.15, 0.2) is 0 Å². The molecule has 78 valence electrons. The normalized spacial score (nSPS) is 22.3. The van der Waals surface area contributed by atoms with Crippen molar-refractivity contribution in [2.45, 2.75) is 39.7 Å².